The van der Waals surface area contributed by atoms with Crippen LogP contribution in [0.1, 0.15) is 34.6 Å². The van der Waals surface area contributed by atoms with Crippen LogP contribution < -0.4 is 15.9 Å². The number of amides is 2. The number of nitrogens with zero attached hydrogens (tertiary/aromatic N) is 3. The highest BCUT2D eigenvalue weighted by Crippen LogP contribution is 2.25. The number of fused-ring (bicyclic) bond motifs is 1. The van der Waals surface area contributed by atoms with E-state index in [0.29, 0.717) is 22.8 Å². The molecule has 1 aliphatic heterocycles. The van der Waals surface area contributed by atoms with E-state index in [4.69, 9.17) is 5.11 Å². The standard InChI is InChI=1S/C23H19N5O4/c1-13(25-26-21(29)16-7-9-17(10-8-16)23(31)32)20-14(2)27-28(22(20)30)19-12-11-15-5-3-4-6-18(15)24-19/h3-12,25H,1-2H3,(H,26,29)(H,31,32). The Kier molecular flexibility index (Phi) is 5.38. The van der Waals surface area contributed by atoms with E-state index >= 15 is 0 Å². The Morgan fingerprint density at radius 3 is 2.34 bits per heavy atom. The minimum Gasteiger partial charge on any atom is -0.478 e. The average molecular weight is 429 g/mol. The van der Waals surface area contributed by atoms with Gasteiger partial charge >= 0.3 is 5.97 Å². The zero-order chi connectivity index (χ0) is 22.8. The molecule has 160 valence electrons. The Balaban J connectivity index is 1.50. The van der Waals surface area contributed by atoms with E-state index in [-0.39, 0.29) is 17.0 Å². The third kappa shape index (κ3) is 3.91. The Hall–Kier alpha value is -4.53. The fourth-order valence-electron chi connectivity index (χ4n) is 3.32. The maximum atomic E-state index is 13.0. The van der Waals surface area contributed by atoms with Gasteiger partial charge in [-0.15, -0.1) is 0 Å². The van der Waals surface area contributed by atoms with Crippen LogP contribution in [0.25, 0.3) is 10.9 Å². The van der Waals surface area contributed by atoms with E-state index in [1.165, 1.54) is 29.3 Å². The predicted molar refractivity (Wildman–Crippen MR) is 119 cm³/mol. The molecule has 0 aliphatic carbocycles. The van der Waals surface area contributed by atoms with Crippen molar-refractivity contribution in [3.63, 3.8) is 0 Å². The summed E-state index contributed by atoms with van der Waals surface area (Å²) in [6, 6.07) is 16.7. The molecule has 2 heterocycles. The molecule has 2 amide bonds. The Morgan fingerprint density at radius 2 is 1.62 bits per heavy atom. The van der Waals surface area contributed by atoms with E-state index in [9.17, 15) is 14.4 Å². The molecule has 0 radical (unpaired) electrons. The number of hydrazone groups is 1. The van der Waals surface area contributed by atoms with Crippen molar-refractivity contribution in [3.05, 3.63) is 83.1 Å². The molecular formula is C23H19N5O4. The molecule has 0 saturated heterocycles. The lowest BCUT2D eigenvalue weighted by Crippen LogP contribution is -2.37. The first-order valence-electron chi connectivity index (χ1n) is 9.71. The highest BCUT2D eigenvalue weighted by Gasteiger charge is 2.31. The Morgan fingerprint density at radius 1 is 0.938 bits per heavy atom. The molecule has 4 rings (SSSR count). The van der Waals surface area contributed by atoms with E-state index in [1.807, 2.05) is 30.3 Å². The molecule has 1 aromatic heterocycles. The van der Waals surface area contributed by atoms with Crippen molar-refractivity contribution < 1.29 is 19.5 Å². The van der Waals surface area contributed by atoms with Crippen LogP contribution in [0.15, 0.2) is 77.0 Å². The van der Waals surface area contributed by atoms with Crippen LogP contribution >= 0.6 is 0 Å². The molecule has 3 aromatic rings. The first kappa shape index (κ1) is 20.7. The third-order valence-electron chi connectivity index (χ3n) is 4.95. The number of carboxylic acids is 1. The second-order valence-corrected chi connectivity index (χ2v) is 7.13. The lowest BCUT2D eigenvalue weighted by molar-refractivity contribution is -0.114. The van der Waals surface area contributed by atoms with Crippen molar-refractivity contribution in [1.82, 2.24) is 15.8 Å². The summed E-state index contributed by atoms with van der Waals surface area (Å²) in [6.07, 6.45) is 0. The van der Waals surface area contributed by atoms with Crippen LogP contribution in [-0.2, 0) is 4.79 Å². The molecule has 0 spiro atoms. The van der Waals surface area contributed by atoms with Crippen LogP contribution in [0, 0.1) is 0 Å². The van der Waals surface area contributed by atoms with Gasteiger partial charge in [0.1, 0.15) is 0 Å². The lowest BCUT2D eigenvalue weighted by atomic mass is 10.1. The summed E-state index contributed by atoms with van der Waals surface area (Å²) in [6.45, 7) is 3.35. The van der Waals surface area contributed by atoms with E-state index in [2.05, 4.69) is 20.9 Å². The van der Waals surface area contributed by atoms with Gasteiger partial charge in [0.25, 0.3) is 11.8 Å². The summed E-state index contributed by atoms with van der Waals surface area (Å²) in [7, 11) is 0. The topological polar surface area (TPSA) is 124 Å². The summed E-state index contributed by atoms with van der Waals surface area (Å²) < 4.78 is 0. The largest absolute Gasteiger partial charge is 0.478 e. The van der Waals surface area contributed by atoms with Gasteiger partial charge in [-0.05, 0) is 56.3 Å². The molecule has 2 aromatic carbocycles. The number of hydrogen-bond acceptors (Lipinski definition) is 6. The number of carbonyl (C=O) groups excluding carboxylic acids is 2. The number of anilines is 1. The molecule has 0 saturated carbocycles. The highest BCUT2D eigenvalue weighted by molar-refractivity contribution is 6.30. The molecule has 9 nitrogen and oxygen atoms in total. The first-order chi connectivity index (χ1) is 15.3. The molecule has 1 aliphatic rings. The number of rotatable bonds is 5. The molecule has 32 heavy (non-hydrogen) atoms. The number of allylic oxidation sites excluding steroid dienone is 1. The fraction of sp³-hybridized carbons (Fsp3) is 0.0870. The van der Waals surface area contributed by atoms with Gasteiger partial charge in [-0.3, -0.25) is 15.0 Å². The predicted octanol–water partition coefficient (Wildman–Crippen LogP) is 2.86. The number of para-hydroxylation sites is 1. The number of pyridine rings is 1. The lowest BCUT2D eigenvalue weighted by Gasteiger charge is -2.13. The van der Waals surface area contributed by atoms with Gasteiger partial charge in [0.2, 0.25) is 0 Å². The fourth-order valence-corrected chi connectivity index (χ4v) is 3.32. The quantitative estimate of drug-likeness (QED) is 0.423. The average Bonchev–Trinajstić information content (AvgIpc) is 3.10. The van der Waals surface area contributed by atoms with Crippen LogP contribution in [0.3, 0.4) is 0 Å². The van der Waals surface area contributed by atoms with Crippen molar-refractivity contribution in [2.24, 2.45) is 5.10 Å². The van der Waals surface area contributed by atoms with Crippen LogP contribution in [-0.4, -0.2) is 33.6 Å². The van der Waals surface area contributed by atoms with E-state index in [0.717, 1.165) is 10.9 Å². The number of carboxylic acid groups (broad SMARTS) is 1. The summed E-state index contributed by atoms with van der Waals surface area (Å²) >= 11 is 0. The van der Waals surface area contributed by atoms with Crippen LogP contribution in [0.2, 0.25) is 0 Å². The van der Waals surface area contributed by atoms with Crippen molar-refractivity contribution >= 4 is 40.2 Å². The van der Waals surface area contributed by atoms with Gasteiger partial charge < -0.3 is 10.5 Å². The zero-order valence-electron chi connectivity index (χ0n) is 17.3. The van der Waals surface area contributed by atoms with E-state index in [1.54, 1.807) is 19.9 Å². The number of hydrogen-bond donors (Lipinski definition) is 3. The molecule has 0 fully saturated rings. The number of benzene rings is 2. The number of nitrogens with one attached hydrogen (secondary N) is 2. The van der Waals surface area contributed by atoms with Gasteiger partial charge in [-0.25, -0.2) is 9.78 Å². The minimum atomic E-state index is -1.07. The minimum absolute atomic E-state index is 0.0820. The van der Waals surface area contributed by atoms with Crippen molar-refractivity contribution in [1.29, 1.82) is 0 Å². The van der Waals surface area contributed by atoms with Gasteiger partial charge in [0, 0.05) is 16.6 Å². The smallest absolute Gasteiger partial charge is 0.335 e. The second kappa shape index (κ2) is 8.31. The monoisotopic (exact) mass is 429 g/mol. The third-order valence-corrected chi connectivity index (χ3v) is 4.95. The zero-order valence-corrected chi connectivity index (χ0v) is 17.3. The maximum Gasteiger partial charge on any atom is 0.335 e. The van der Waals surface area contributed by atoms with Crippen molar-refractivity contribution in [2.75, 3.05) is 5.01 Å². The summed E-state index contributed by atoms with van der Waals surface area (Å²) in [4.78, 5) is 40.8. The summed E-state index contributed by atoms with van der Waals surface area (Å²) in [5, 5.41) is 15.5. The Labute approximate surface area is 183 Å². The number of aromatic nitrogens is 1. The SMILES string of the molecule is CC1=NN(c2ccc3ccccc3n2)C(=O)C1=C(C)NNC(=O)c1ccc(C(=O)O)cc1. The van der Waals surface area contributed by atoms with Crippen LogP contribution in [0.5, 0.6) is 0 Å². The van der Waals surface area contributed by atoms with Gasteiger partial charge in [-0.2, -0.15) is 10.1 Å². The number of hydrazine groups is 1. The molecule has 0 atom stereocenters. The van der Waals surface area contributed by atoms with Crippen molar-refractivity contribution in [2.45, 2.75) is 13.8 Å². The normalized spacial score (nSPS) is 14.9. The Bertz CT molecular complexity index is 1310. The number of aromatic carboxylic acids is 1. The first-order valence-corrected chi connectivity index (χ1v) is 9.71. The molecule has 3 N–H and O–H groups in total. The maximum absolute atomic E-state index is 13.0. The molecule has 0 bridgehead atoms. The van der Waals surface area contributed by atoms with Gasteiger partial charge in [0.05, 0.1) is 22.4 Å². The van der Waals surface area contributed by atoms with Gasteiger partial charge in [-0.1, -0.05) is 18.2 Å². The second-order valence-electron chi connectivity index (χ2n) is 7.13. The molecular weight excluding hydrogens is 410 g/mol. The van der Waals surface area contributed by atoms with Gasteiger partial charge in [0.15, 0.2) is 5.82 Å². The van der Waals surface area contributed by atoms with E-state index < -0.39 is 11.9 Å². The highest BCUT2D eigenvalue weighted by atomic mass is 16.4. The summed E-state index contributed by atoms with van der Waals surface area (Å²) in [5.41, 5.74) is 7.56. The van der Waals surface area contributed by atoms with Crippen LogP contribution in [0.4, 0.5) is 5.82 Å². The molecule has 0 unspecified atom stereocenters. The molecule has 9 heteroatoms. The summed E-state index contributed by atoms with van der Waals surface area (Å²) in [5.74, 6) is -1.51. The van der Waals surface area contributed by atoms with Crippen molar-refractivity contribution in [3.8, 4) is 0 Å². The number of carbonyl (C=O) groups is 3.